The second-order valence-corrected chi connectivity index (χ2v) is 11.5. The van der Waals surface area contributed by atoms with Crippen molar-refractivity contribution in [2.75, 3.05) is 31.9 Å². The lowest BCUT2D eigenvalue weighted by molar-refractivity contribution is 0.0924. The van der Waals surface area contributed by atoms with Crippen molar-refractivity contribution in [2.45, 2.75) is 25.0 Å². The molecule has 6 nitrogen and oxygen atoms in total. The normalized spacial score (nSPS) is 14.9. The van der Waals surface area contributed by atoms with Crippen LogP contribution < -0.4 is 0 Å². The van der Waals surface area contributed by atoms with Gasteiger partial charge in [-0.2, -0.15) is 0 Å². The van der Waals surface area contributed by atoms with Crippen LogP contribution in [0, 0.1) is 0 Å². The van der Waals surface area contributed by atoms with Gasteiger partial charge < -0.3 is 9.30 Å². The zero-order chi connectivity index (χ0) is 23.5. The van der Waals surface area contributed by atoms with Gasteiger partial charge in [-0.25, -0.2) is 9.97 Å². The lowest BCUT2D eigenvalue weighted by atomic mass is 9.79. The van der Waals surface area contributed by atoms with Crippen molar-refractivity contribution in [1.29, 1.82) is 0 Å². The number of hydrogen-bond donors (Lipinski definition) is 0. The minimum Gasteiger partial charge on any atom is -0.356 e. The van der Waals surface area contributed by atoms with Crippen LogP contribution in [0.5, 0.6) is 0 Å². The van der Waals surface area contributed by atoms with Crippen LogP contribution in [0.25, 0.3) is 22.3 Å². The fourth-order valence-corrected chi connectivity index (χ4v) is 5.28. The van der Waals surface area contributed by atoms with Gasteiger partial charge in [0, 0.05) is 48.2 Å². The average Bonchev–Trinajstić information content (AvgIpc) is 3.44. The van der Waals surface area contributed by atoms with E-state index in [1.165, 1.54) is 11.1 Å². The lowest BCUT2D eigenvalue weighted by Gasteiger charge is -2.25. The van der Waals surface area contributed by atoms with E-state index in [-0.39, 0.29) is 5.41 Å². The molecule has 0 aliphatic heterocycles. The zero-order valence-electron chi connectivity index (χ0n) is 19.9. The van der Waals surface area contributed by atoms with E-state index < -0.39 is 0 Å². The van der Waals surface area contributed by atoms with Crippen LogP contribution >= 0.6 is 0 Å². The van der Waals surface area contributed by atoms with Crippen LogP contribution in [0.3, 0.4) is 0 Å². The molecule has 1 aliphatic carbocycles. The fraction of sp³-hybridized carbons (Fsp3) is 0.333. The Morgan fingerprint density at radius 3 is 2.65 bits per heavy atom. The van der Waals surface area contributed by atoms with Crippen LogP contribution in [0.1, 0.15) is 16.7 Å². The zero-order valence-corrected chi connectivity index (χ0v) is 20.8. The molecule has 7 heteroatoms. The average molecular weight is 473 g/mol. The van der Waals surface area contributed by atoms with Gasteiger partial charge in [0.2, 0.25) is 0 Å². The summed E-state index contributed by atoms with van der Waals surface area (Å²) in [5.74, 6) is 1.07. The molecule has 0 saturated carbocycles. The predicted molar refractivity (Wildman–Crippen MR) is 141 cm³/mol. The van der Waals surface area contributed by atoms with E-state index in [1.807, 2.05) is 30.2 Å². The number of pyridine rings is 1. The third kappa shape index (κ3) is 4.38. The van der Waals surface area contributed by atoms with Crippen molar-refractivity contribution in [3.63, 3.8) is 0 Å². The first-order chi connectivity index (χ1) is 16.6. The van der Waals surface area contributed by atoms with Gasteiger partial charge in [0.25, 0.3) is 0 Å². The summed E-state index contributed by atoms with van der Waals surface area (Å²) in [5, 5.41) is 1.00. The first-order valence-corrected chi connectivity index (χ1v) is 13.7. The van der Waals surface area contributed by atoms with E-state index >= 15 is 0 Å². The maximum absolute atomic E-state index is 5.88. The highest BCUT2D eigenvalue weighted by Gasteiger charge is 2.37. The van der Waals surface area contributed by atoms with Crippen molar-refractivity contribution < 1.29 is 4.74 Å². The Bertz CT molecular complexity index is 1300. The molecule has 34 heavy (non-hydrogen) atoms. The van der Waals surface area contributed by atoms with Gasteiger partial charge in [-0.05, 0) is 52.6 Å². The van der Waals surface area contributed by atoms with Crippen LogP contribution in [0.4, 0.5) is 0 Å². The Balaban J connectivity index is 1.47. The summed E-state index contributed by atoms with van der Waals surface area (Å²) in [6, 6.07) is 13.0. The molecule has 4 aromatic rings. The molecule has 0 unspecified atom stereocenters. The monoisotopic (exact) mass is 472 g/mol. The summed E-state index contributed by atoms with van der Waals surface area (Å²) < 4.78 is 7.92. The van der Waals surface area contributed by atoms with Crippen LogP contribution in [-0.4, -0.2) is 57.7 Å². The molecule has 0 saturated heterocycles. The first-order valence-electron chi connectivity index (χ1n) is 11.5. The van der Waals surface area contributed by atoms with Gasteiger partial charge in [0.15, 0.2) is 0 Å². The van der Waals surface area contributed by atoms with Gasteiger partial charge in [-0.15, -0.1) is 0 Å². The summed E-state index contributed by atoms with van der Waals surface area (Å²) in [5.41, 5.74) is 6.49. The third-order valence-electron chi connectivity index (χ3n) is 6.52. The van der Waals surface area contributed by atoms with Gasteiger partial charge in [0.1, 0.15) is 24.5 Å². The second kappa shape index (κ2) is 9.68. The number of aliphatic imine (C=N–C) groups is 1. The number of fused-ring (bicyclic) bond motifs is 2. The van der Waals surface area contributed by atoms with Gasteiger partial charge in [0.05, 0.1) is 24.8 Å². The number of aromatic nitrogens is 4. The smallest absolute Gasteiger partial charge is 0.145 e. The van der Waals surface area contributed by atoms with E-state index in [4.69, 9.17) is 4.74 Å². The summed E-state index contributed by atoms with van der Waals surface area (Å²) in [6.07, 6.45) is 15.9. The first kappa shape index (κ1) is 22.7. The highest BCUT2D eigenvalue weighted by molar-refractivity contribution is 7.95. The molecular formula is C27H30N5OS+. The topological polar surface area (TPSA) is 65.2 Å². The molecule has 0 bridgehead atoms. The summed E-state index contributed by atoms with van der Waals surface area (Å²) in [6.45, 7) is 1.24. The Morgan fingerprint density at radius 2 is 1.91 bits per heavy atom. The number of benzene rings is 1. The number of ether oxygens (including phenoxy) is 1. The van der Waals surface area contributed by atoms with E-state index in [0.717, 1.165) is 53.1 Å². The molecule has 174 valence electrons. The number of nitrogens with zero attached hydrogens (tertiary/aromatic N) is 5. The minimum atomic E-state index is -0.190. The molecule has 3 aromatic heterocycles. The van der Waals surface area contributed by atoms with Crippen molar-refractivity contribution in [3.8, 4) is 11.3 Å². The van der Waals surface area contributed by atoms with Gasteiger partial charge >= 0.3 is 0 Å². The third-order valence-corrected chi connectivity index (χ3v) is 7.50. The molecule has 1 aromatic carbocycles. The summed E-state index contributed by atoms with van der Waals surface area (Å²) in [4.78, 5) is 18.3. The predicted octanol–water partition coefficient (Wildman–Crippen LogP) is 4.08. The highest BCUT2D eigenvalue weighted by Crippen LogP contribution is 2.39. The van der Waals surface area contributed by atoms with Crippen LogP contribution in [-0.2, 0) is 40.6 Å². The molecule has 0 radical (unpaired) electrons. The van der Waals surface area contributed by atoms with Crippen LogP contribution in [0.15, 0.2) is 66.3 Å². The second-order valence-electron chi connectivity index (χ2n) is 9.10. The maximum atomic E-state index is 5.88. The van der Waals surface area contributed by atoms with E-state index in [0.29, 0.717) is 17.6 Å². The Morgan fingerprint density at radius 1 is 1.12 bits per heavy atom. The molecule has 1 aliphatic rings. The molecule has 0 spiro atoms. The highest BCUT2D eigenvalue weighted by atomic mass is 32.2. The molecule has 3 heterocycles. The molecule has 0 amide bonds. The van der Waals surface area contributed by atoms with E-state index in [1.54, 1.807) is 6.33 Å². The number of rotatable bonds is 8. The Labute approximate surface area is 203 Å². The standard InChI is InChI=1S/C27H30N5OS/c1-28-17-27(13-20-6-4-5-7-21(20)14-27)23-12-22(15-29-16-23)25-24-8-9-32(26(24)31-18-30-25)19-33-10-11-34(2)3/h4-9,12,15-18H,10-11,13-14,19H2,1-3H3/q+1. The summed E-state index contributed by atoms with van der Waals surface area (Å²) in [7, 11) is 2.23. The van der Waals surface area contributed by atoms with Crippen molar-refractivity contribution in [1.82, 2.24) is 19.5 Å². The van der Waals surface area contributed by atoms with Crippen molar-refractivity contribution in [3.05, 3.63) is 78.0 Å². The van der Waals surface area contributed by atoms with Gasteiger partial charge in [-0.3, -0.25) is 9.98 Å². The Kier molecular flexibility index (Phi) is 6.48. The van der Waals surface area contributed by atoms with E-state index in [2.05, 4.69) is 75.1 Å². The molecule has 0 fully saturated rings. The Hall–Kier alpha value is -3.03. The van der Waals surface area contributed by atoms with Crippen molar-refractivity contribution in [2.24, 2.45) is 4.99 Å². The van der Waals surface area contributed by atoms with E-state index in [9.17, 15) is 0 Å². The largest absolute Gasteiger partial charge is 0.356 e. The summed E-state index contributed by atoms with van der Waals surface area (Å²) >= 11 is 0. The van der Waals surface area contributed by atoms with Gasteiger partial charge in [-0.1, -0.05) is 24.3 Å². The van der Waals surface area contributed by atoms with Crippen molar-refractivity contribution >= 4 is 28.1 Å². The molecular weight excluding hydrogens is 442 g/mol. The lowest BCUT2D eigenvalue weighted by Crippen LogP contribution is -2.29. The number of hydrogen-bond acceptors (Lipinski definition) is 5. The minimum absolute atomic E-state index is 0.190. The molecule has 0 atom stereocenters. The molecule has 5 rings (SSSR count). The maximum Gasteiger partial charge on any atom is 0.145 e. The quantitative estimate of drug-likeness (QED) is 0.220. The molecule has 0 N–H and O–H groups in total. The SMILES string of the molecule is CN=CC1(c2cncc(-c3ncnc4c3ccn4COCC[S+](C)C)c2)Cc2ccccc2C1. The fourth-order valence-electron chi connectivity index (χ4n) is 4.83. The van der Waals surface area contributed by atoms with Crippen LogP contribution in [0.2, 0.25) is 0 Å².